The first-order chi connectivity index (χ1) is 9.07. The molecule has 0 unspecified atom stereocenters. The van der Waals surface area contributed by atoms with E-state index >= 15 is 0 Å². The molecule has 0 saturated carbocycles. The summed E-state index contributed by atoms with van der Waals surface area (Å²) < 4.78 is 26.8. The van der Waals surface area contributed by atoms with E-state index in [2.05, 4.69) is 0 Å². The molecule has 0 radical (unpaired) electrons. The highest BCUT2D eigenvalue weighted by atomic mass is 32.2. The predicted octanol–water partition coefficient (Wildman–Crippen LogP) is 2.87. The van der Waals surface area contributed by atoms with Crippen LogP contribution in [-0.2, 0) is 10.0 Å². The molecular formula is C15H19NO2S. The third kappa shape index (κ3) is 2.35. The molecule has 4 heteroatoms. The van der Waals surface area contributed by atoms with Crippen LogP contribution in [-0.4, -0.2) is 25.8 Å². The smallest absolute Gasteiger partial charge is 0.207 e. The second-order valence-electron chi connectivity index (χ2n) is 5.50. The Kier molecular flexibility index (Phi) is 3.23. The molecule has 102 valence electrons. The Morgan fingerprint density at radius 3 is 2.00 bits per heavy atom. The van der Waals surface area contributed by atoms with Gasteiger partial charge >= 0.3 is 0 Å². The predicted molar refractivity (Wildman–Crippen MR) is 75.4 cm³/mol. The molecule has 0 bridgehead atoms. The Bertz CT molecular complexity index is 596. The van der Waals surface area contributed by atoms with Crippen molar-refractivity contribution in [2.75, 3.05) is 13.1 Å². The van der Waals surface area contributed by atoms with Crippen molar-refractivity contribution in [3.63, 3.8) is 0 Å². The van der Waals surface area contributed by atoms with Gasteiger partial charge in [0.1, 0.15) is 0 Å². The van der Waals surface area contributed by atoms with Crippen molar-refractivity contribution in [1.29, 1.82) is 0 Å². The monoisotopic (exact) mass is 277 g/mol. The van der Waals surface area contributed by atoms with Crippen LogP contribution in [0.2, 0.25) is 0 Å². The second kappa shape index (κ2) is 4.76. The number of rotatable bonds is 2. The number of hydrogen-bond acceptors (Lipinski definition) is 2. The Morgan fingerprint density at radius 1 is 0.947 bits per heavy atom. The number of nitrogens with zero attached hydrogens (tertiary/aromatic N) is 1. The zero-order valence-electron chi connectivity index (χ0n) is 11.2. The first-order valence-corrected chi connectivity index (χ1v) is 8.28. The molecule has 1 aliphatic carbocycles. The molecule has 0 N–H and O–H groups in total. The molecule has 0 saturated heterocycles. The van der Waals surface area contributed by atoms with Crippen molar-refractivity contribution < 1.29 is 8.42 Å². The summed E-state index contributed by atoms with van der Waals surface area (Å²) in [6, 6.07) is 7.14. The van der Waals surface area contributed by atoms with E-state index in [4.69, 9.17) is 0 Å². The fourth-order valence-corrected chi connectivity index (χ4v) is 4.35. The summed E-state index contributed by atoms with van der Waals surface area (Å²) >= 11 is 0. The van der Waals surface area contributed by atoms with Gasteiger partial charge in [0, 0.05) is 13.1 Å². The van der Waals surface area contributed by atoms with E-state index in [1.807, 2.05) is 19.1 Å². The molecule has 0 amide bonds. The number of benzene rings is 1. The summed E-state index contributed by atoms with van der Waals surface area (Å²) in [5.74, 6) is 0. The number of aryl methyl sites for hydroxylation is 1. The van der Waals surface area contributed by atoms with Gasteiger partial charge in [-0.25, -0.2) is 8.42 Å². The van der Waals surface area contributed by atoms with Crippen molar-refractivity contribution in [3.05, 3.63) is 41.0 Å². The van der Waals surface area contributed by atoms with Crippen LogP contribution in [0.15, 0.2) is 40.3 Å². The minimum Gasteiger partial charge on any atom is -0.207 e. The van der Waals surface area contributed by atoms with E-state index < -0.39 is 10.0 Å². The average Bonchev–Trinajstić information content (AvgIpc) is 2.83. The summed E-state index contributed by atoms with van der Waals surface area (Å²) in [5, 5.41) is 0. The van der Waals surface area contributed by atoms with Gasteiger partial charge in [-0.3, -0.25) is 0 Å². The first kappa shape index (κ1) is 12.9. The van der Waals surface area contributed by atoms with E-state index in [9.17, 15) is 8.42 Å². The van der Waals surface area contributed by atoms with Gasteiger partial charge in [0.15, 0.2) is 0 Å². The van der Waals surface area contributed by atoms with Crippen LogP contribution >= 0.6 is 0 Å². The van der Waals surface area contributed by atoms with Gasteiger partial charge in [-0.1, -0.05) is 28.8 Å². The molecule has 1 aromatic carbocycles. The van der Waals surface area contributed by atoms with Crippen molar-refractivity contribution >= 4 is 10.0 Å². The normalized spacial score (nSPS) is 20.7. The van der Waals surface area contributed by atoms with Gasteiger partial charge in [-0.2, -0.15) is 4.31 Å². The first-order valence-electron chi connectivity index (χ1n) is 6.84. The van der Waals surface area contributed by atoms with Crippen LogP contribution in [0.5, 0.6) is 0 Å². The molecule has 3 nitrogen and oxygen atoms in total. The van der Waals surface area contributed by atoms with E-state index in [0.29, 0.717) is 18.0 Å². The maximum absolute atomic E-state index is 12.6. The summed E-state index contributed by atoms with van der Waals surface area (Å²) in [6.45, 7) is 3.17. The summed E-state index contributed by atoms with van der Waals surface area (Å²) in [7, 11) is -3.32. The van der Waals surface area contributed by atoms with Gasteiger partial charge < -0.3 is 0 Å². The van der Waals surface area contributed by atoms with Crippen molar-refractivity contribution in [3.8, 4) is 0 Å². The lowest BCUT2D eigenvalue weighted by atomic mass is 9.94. The lowest BCUT2D eigenvalue weighted by Crippen LogP contribution is -2.29. The Hall–Kier alpha value is -1.13. The Morgan fingerprint density at radius 2 is 1.47 bits per heavy atom. The van der Waals surface area contributed by atoms with Crippen LogP contribution in [0.25, 0.3) is 0 Å². The van der Waals surface area contributed by atoms with Gasteiger partial charge in [-0.15, -0.1) is 0 Å². The maximum Gasteiger partial charge on any atom is 0.243 e. The quantitative estimate of drug-likeness (QED) is 0.780. The van der Waals surface area contributed by atoms with Gasteiger partial charge in [0.05, 0.1) is 4.90 Å². The molecule has 3 rings (SSSR count). The number of sulfonamides is 1. The van der Waals surface area contributed by atoms with Crippen LogP contribution in [0.4, 0.5) is 0 Å². The lowest BCUT2D eigenvalue weighted by molar-refractivity contribution is 0.479. The average molecular weight is 277 g/mol. The van der Waals surface area contributed by atoms with E-state index in [1.54, 1.807) is 16.4 Å². The second-order valence-corrected chi connectivity index (χ2v) is 7.44. The van der Waals surface area contributed by atoms with Crippen LogP contribution in [0.3, 0.4) is 0 Å². The molecule has 1 aliphatic heterocycles. The summed E-state index contributed by atoms with van der Waals surface area (Å²) in [5.41, 5.74) is 3.81. The van der Waals surface area contributed by atoms with Crippen LogP contribution < -0.4 is 0 Å². The third-order valence-corrected chi connectivity index (χ3v) is 5.91. The maximum atomic E-state index is 12.6. The molecule has 1 heterocycles. The van der Waals surface area contributed by atoms with Crippen molar-refractivity contribution in [2.45, 2.75) is 37.5 Å². The zero-order chi connectivity index (χ0) is 13.5. The van der Waals surface area contributed by atoms with E-state index in [1.165, 1.54) is 24.0 Å². The summed E-state index contributed by atoms with van der Waals surface area (Å²) in [4.78, 5) is 0.415. The number of hydrogen-bond donors (Lipinski definition) is 0. The van der Waals surface area contributed by atoms with E-state index in [-0.39, 0.29) is 0 Å². The molecule has 0 fully saturated rings. The molecule has 0 atom stereocenters. The highest BCUT2D eigenvalue weighted by Crippen LogP contribution is 2.33. The molecule has 19 heavy (non-hydrogen) atoms. The standard InChI is InChI=1S/C15H19NO2S/c1-12-6-8-15(9-7-12)19(17,18)16-10-13-4-2-3-5-14(13)11-16/h6-9H,2-5,10-11H2,1H3. The molecule has 2 aliphatic rings. The molecule has 0 aromatic heterocycles. The van der Waals surface area contributed by atoms with Gasteiger partial charge in [0.25, 0.3) is 0 Å². The van der Waals surface area contributed by atoms with Crippen molar-refractivity contribution in [2.24, 2.45) is 0 Å². The molecule has 1 aromatic rings. The highest BCUT2D eigenvalue weighted by Gasteiger charge is 2.32. The highest BCUT2D eigenvalue weighted by molar-refractivity contribution is 7.89. The van der Waals surface area contributed by atoms with Crippen LogP contribution in [0, 0.1) is 6.92 Å². The largest absolute Gasteiger partial charge is 0.243 e. The topological polar surface area (TPSA) is 37.4 Å². The molecule has 0 spiro atoms. The van der Waals surface area contributed by atoms with Gasteiger partial charge in [-0.05, 0) is 44.7 Å². The summed E-state index contributed by atoms with van der Waals surface area (Å²) in [6.07, 6.45) is 4.57. The van der Waals surface area contributed by atoms with Crippen LogP contribution in [0.1, 0.15) is 31.2 Å². The molecular weight excluding hydrogens is 258 g/mol. The third-order valence-electron chi connectivity index (χ3n) is 4.10. The minimum absolute atomic E-state index is 0.415. The van der Waals surface area contributed by atoms with Gasteiger partial charge in [0.2, 0.25) is 10.0 Å². The SMILES string of the molecule is Cc1ccc(S(=O)(=O)N2CC3=C(CCCC3)C2)cc1. The van der Waals surface area contributed by atoms with Crippen molar-refractivity contribution in [1.82, 2.24) is 4.31 Å². The lowest BCUT2D eigenvalue weighted by Gasteiger charge is -2.16. The zero-order valence-corrected chi connectivity index (χ0v) is 12.0. The minimum atomic E-state index is -3.32. The fourth-order valence-electron chi connectivity index (χ4n) is 2.92. The Labute approximate surface area is 115 Å². The van der Waals surface area contributed by atoms with E-state index in [0.717, 1.165) is 18.4 Å². The Balaban J connectivity index is 1.85. The fraction of sp³-hybridized carbons (Fsp3) is 0.467.